The number of nitrogens with zero attached hydrogens (tertiary/aromatic N) is 1. The maximum atomic E-state index is 12.2. The van der Waals surface area contributed by atoms with Crippen molar-refractivity contribution in [2.45, 2.75) is 6.61 Å². The van der Waals surface area contributed by atoms with Crippen molar-refractivity contribution in [2.24, 2.45) is 5.10 Å². The maximum Gasteiger partial charge on any atom is 0.272 e. The van der Waals surface area contributed by atoms with Crippen LogP contribution in [0.5, 0.6) is 11.5 Å². The van der Waals surface area contributed by atoms with Gasteiger partial charge < -0.3 is 9.47 Å². The molecule has 0 saturated heterocycles. The molecule has 0 aliphatic heterocycles. The Balaban J connectivity index is 1.64. The number of hydrazone groups is 1. The number of hydrogen-bond donors (Lipinski definition) is 1. The maximum absolute atomic E-state index is 12.2. The molecule has 0 saturated carbocycles. The highest BCUT2D eigenvalue weighted by atomic mass is 35.5. The summed E-state index contributed by atoms with van der Waals surface area (Å²) < 4.78 is 11.2. The molecule has 0 aromatic heterocycles. The summed E-state index contributed by atoms with van der Waals surface area (Å²) in [4.78, 5) is 12.2. The number of carbonyl (C=O) groups is 1. The van der Waals surface area contributed by atoms with Gasteiger partial charge in [-0.2, -0.15) is 5.10 Å². The predicted molar refractivity (Wildman–Crippen MR) is 120 cm³/mol. The third kappa shape index (κ3) is 5.89. The Hall–Kier alpha value is -2.73. The van der Waals surface area contributed by atoms with E-state index in [-0.39, 0.29) is 10.6 Å². The molecule has 154 valence electrons. The molecule has 1 amide bonds. The zero-order chi connectivity index (χ0) is 21.5. The van der Waals surface area contributed by atoms with E-state index in [0.717, 1.165) is 5.56 Å². The van der Waals surface area contributed by atoms with E-state index in [2.05, 4.69) is 10.5 Å². The second kappa shape index (κ2) is 10.3. The quantitative estimate of drug-likeness (QED) is 0.345. The molecule has 8 heteroatoms. The van der Waals surface area contributed by atoms with E-state index in [1.807, 2.05) is 18.2 Å². The largest absolute Gasteiger partial charge is 0.493 e. The highest BCUT2D eigenvalue weighted by Gasteiger charge is 2.10. The van der Waals surface area contributed by atoms with Gasteiger partial charge in [-0.1, -0.05) is 46.9 Å². The summed E-state index contributed by atoms with van der Waals surface area (Å²) in [6.07, 6.45) is 1.49. The molecule has 0 bridgehead atoms. The molecule has 1 N–H and O–H groups in total. The fourth-order valence-corrected chi connectivity index (χ4v) is 3.28. The molecule has 0 aliphatic carbocycles. The topological polar surface area (TPSA) is 59.9 Å². The molecule has 3 rings (SSSR count). The minimum absolute atomic E-state index is 0.248. The average Bonchev–Trinajstić information content (AvgIpc) is 2.72. The van der Waals surface area contributed by atoms with Crippen LogP contribution in [0.15, 0.2) is 65.8 Å². The van der Waals surface area contributed by atoms with Crippen molar-refractivity contribution in [1.29, 1.82) is 0 Å². The predicted octanol–water partition coefficient (Wildman–Crippen LogP) is 6.00. The van der Waals surface area contributed by atoms with E-state index < -0.39 is 5.91 Å². The first-order valence-corrected chi connectivity index (χ1v) is 9.93. The van der Waals surface area contributed by atoms with Gasteiger partial charge in [0.15, 0.2) is 11.5 Å². The summed E-state index contributed by atoms with van der Waals surface area (Å²) in [5.74, 6) is 0.668. The molecule has 0 aliphatic rings. The lowest BCUT2D eigenvalue weighted by Gasteiger charge is -2.11. The van der Waals surface area contributed by atoms with Crippen molar-refractivity contribution in [2.75, 3.05) is 7.11 Å². The standard InChI is InChI=1S/C22H17Cl3N2O3/c1-29-21-10-14(5-8-20(21)30-13-15-3-2-4-16(23)9-15)12-26-27-22(28)18-7-6-17(24)11-19(18)25/h2-12H,13H2,1H3,(H,27,28)/b26-12-. The molecule has 0 radical (unpaired) electrons. The van der Waals surface area contributed by atoms with E-state index in [4.69, 9.17) is 44.3 Å². The Morgan fingerprint density at radius 1 is 1.00 bits per heavy atom. The van der Waals surface area contributed by atoms with Crippen molar-refractivity contribution >= 4 is 46.9 Å². The molecule has 0 atom stereocenters. The van der Waals surface area contributed by atoms with Crippen molar-refractivity contribution < 1.29 is 14.3 Å². The van der Waals surface area contributed by atoms with Crippen molar-refractivity contribution in [3.63, 3.8) is 0 Å². The van der Waals surface area contributed by atoms with Gasteiger partial charge in [-0.3, -0.25) is 4.79 Å². The van der Waals surface area contributed by atoms with Gasteiger partial charge in [0.05, 0.1) is 23.9 Å². The monoisotopic (exact) mass is 462 g/mol. The van der Waals surface area contributed by atoms with Crippen molar-refractivity contribution in [3.8, 4) is 11.5 Å². The average molecular weight is 464 g/mol. The van der Waals surface area contributed by atoms with Crippen LogP contribution in [0.3, 0.4) is 0 Å². The lowest BCUT2D eigenvalue weighted by Crippen LogP contribution is -2.18. The zero-order valence-electron chi connectivity index (χ0n) is 15.9. The number of methoxy groups -OCH3 is 1. The van der Waals surface area contributed by atoms with Crippen LogP contribution in [-0.2, 0) is 6.61 Å². The smallest absolute Gasteiger partial charge is 0.272 e. The first kappa shape index (κ1) is 22.0. The van der Waals surface area contributed by atoms with E-state index in [0.29, 0.717) is 33.7 Å². The minimum Gasteiger partial charge on any atom is -0.493 e. The van der Waals surface area contributed by atoms with Crippen LogP contribution in [0, 0.1) is 0 Å². The molecule has 0 heterocycles. The molecule has 0 fully saturated rings. The summed E-state index contributed by atoms with van der Waals surface area (Å²) in [6.45, 7) is 0.349. The number of halogens is 3. The van der Waals surface area contributed by atoms with Gasteiger partial charge in [-0.05, 0) is 59.7 Å². The molecule has 0 unspecified atom stereocenters. The van der Waals surface area contributed by atoms with Gasteiger partial charge in [0.1, 0.15) is 6.61 Å². The summed E-state index contributed by atoms with van der Waals surface area (Å²) in [5, 5.41) is 5.31. The number of nitrogens with one attached hydrogen (secondary N) is 1. The number of benzene rings is 3. The normalized spacial score (nSPS) is 10.8. The third-order valence-electron chi connectivity index (χ3n) is 4.03. The SMILES string of the molecule is COc1cc(/C=N\NC(=O)c2ccc(Cl)cc2Cl)ccc1OCc1cccc(Cl)c1. The van der Waals surface area contributed by atoms with Gasteiger partial charge in [0.2, 0.25) is 0 Å². The van der Waals surface area contributed by atoms with Crippen LogP contribution >= 0.6 is 34.8 Å². The fourth-order valence-electron chi connectivity index (χ4n) is 2.57. The third-order valence-corrected chi connectivity index (χ3v) is 4.81. The molecular formula is C22H17Cl3N2O3. The minimum atomic E-state index is -0.443. The molecule has 30 heavy (non-hydrogen) atoms. The number of carbonyl (C=O) groups excluding carboxylic acids is 1. The molecule has 5 nitrogen and oxygen atoms in total. The Labute approximate surface area is 189 Å². The Kier molecular flexibility index (Phi) is 7.57. The van der Waals surface area contributed by atoms with E-state index >= 15 is 0 Å². The summed E-state index contributed by atoms with van der Waals surface area (Å²) in [6, 6.07) is 17.3. The second-order valence-electron chi connectivity index (χ2n) is 6.15. The van der Waals surface area contributed by atoms with Crippen molar-refractivity contribution in [3.05, 3.63) is 92.4 Å². The van der Waals surface area contributed by atoms with Gasteiger partial charge in [-0.25, -0.2) is 5.43 Å². The number of hydrogen-bond acceptors (Lipinski definition) is 4. The summed E-state index contributed by atoms with van der Waals surface area (Å²) in [5.41, 5.74) is 4.36. The first-order chi connectivity index (χ1) is 14.5. The van der Waals surface area contributed by atoms with Gasteiger partial charge >= 0.3 is 0 Å². The molecule has 3 aromatic carbocycles. The Morgan fingerprint density at radius 2 is 1.80 bits per heavy atom. The Morgan fingerprint density at radius 3 is 2.53 bits per heavy atom. The van der Waals surface area contributed by atoms with Gasteiger partial charge in [0, 0.05) is 10.0 Å². The van der Waals surface area contributed by atoms with Crippen LogP contribution < -0.4 is 14.9 Å². The first-order valence-electron chi connectivity index (χ1n) is 8.80. The highest BCUT2D eigenvalue weighted by molar-refractivity contribution is 6.36. The van der Waals surface area contributed by atoms with E-state index in [1.54, 1.807) is 37.4 Å². The van der Waals surface area contributed by atoms with Crippen LogP contribution in [0.4, 0.5) is 0 Å². The highest BCUT2D eigenvalue weighted by Crippen LogP contribution is 2.28. The van der Waals surface area contributed by atoms with E-state index in [9.17, 15) is 4.79 Å². The summed E-state index contributed by atoms with van der Waals surface area (Å²) in [7, 11) is 1.55. The van der Waals surface area contributed by atoms with Gasteiger partial charge in [-0.15, -0.1) is 0 Å². The molecular weight excluding hydrogens is 447 g/mol. The van der Waals surface area contributed by atoms with Crippen LogP contribution in [0.2, 0.25) is 15.1 Å². The zero-order valence-corrected chi connectivity index (χ0v) is 18.1. The van der Waals surface area contributed by atoms with Gasteiger partial charge in [0.25, 0.3) is 5.91 Å². The second-order valence-corrected chi connectivity index (χ2v) is 7.43. The number of rotatable bonds is 7. The number of amides is 1. The Bertz CT molecular complexity index is 1090. The van der Waals surface area contributed by atoms with Crippen LogP contribution in [-0.4, -0.2) is 19.2 Å². The van der Waals surface area contributed by atoms with Crippen LogP contribution in [0.1, 0.15) is 21.5 Å². The summed E-state index contributed by atoms with van der Waals surface area (Å²) >= 11 is 17.9. The molecule has 0 spiro atoms. The lowest BCUT2D eigenvalue weighted by atomic mass is 10.2. The number of ether oxygens (including phenoxy) is 2. The van der Waals surface area contributed by atoms with Crippen molar-refractivity contribution in [1.82, 2.24) is 5.43 Å². The van der Waals surface area contributed by atoms with Crippen LogP contribution in [0.25, 0.3) is 0 Å². The lowest BCUT2D eigenvalue weighted by molar-refractivity contribution is 0.0955. The van der Waals surface area contributed by atoms with E-state index in [1.165, 1.54) is 18.3 Å². The molecule has 3 aromatic rings. The fraction of sp³-hybridized carbons (Fsp3) is 0.0909.